The standard InChI is InChI=1S/C14H10Cl4O/c15-12-7-6-11(14(17,18)19)10(13(12)16)8-9-4-2-1-3-5-9/h1-7,19H,8H2. The van der Waals surface area contributed by atoms with Crippen molar-refractivity contribution < 1.29 is 5.11 Å². The topological polar surface area (TPSA) is 20.2 Å². The second-order valence-corrected chi connectivity index (χ2v) is 6.16. The van der Waals surface area contributed by atoms with Crippen LogP contribution in [0.4, 0.5) is 0 Å². The first kappa shape index (κ1) is 15.0. The zero-order chi connectivity index (χ0) is 14.0. The third-order valence-electron chi connectivity index (χ3n) is 2.74. The quantitative estimate of drug-likeness (QED) is 0.767. The van der Waals surface area contributed by atoms with Crippen LogP contribution in [0.25, 0.3) is 0 Å². The summed E-state index contributed by atoms with van der Waals surface area (Å²) in [4.78, 5) is 0. The van der Waals surface area contributed by atoms with Crippen LogP contribution in [0.5, 0.6) is 0 Å². The van der Waals surface area contributed by atoms with E-state index in [-0.39, 0.29) is 0 Å². The lowest BCUT2D eigenvalue weighted by Gasteiger charge is -2.19. The summed E-state index contributed by atoms with van der Waals surface area (Å²) in [5.41, 5.74) is 1.98. The van der Waals surface area contributed by atoms with Gasteiger partial charge in [-0.05, 0) is 23.6 Å². The van der Waals surface area contributed by atoms with Crippen LogP contribution in [-0.2, 0) is 10.9 Å². The van der Waals surface area contributed by atoms with E-state index in [4.69, 9.17) is 46.4 Å². The third-order valence-corrected chi connectivity index (χ3v) is 3.99. The van der Waals surface area contributed by atoms with Gasteiger partial charge in [0, 0.05) is 5.56 Å². The highest BCUT2D eigenvalue weighted by atomic mass is 35.5. The number of hydrogen-bond donors (Lipinski definition) is 1. The molecule has 2 aromatic carbocycles. The Morgan fingerprint density at radius 1 is 0.947 bits per heavy atom. The maximum Gasteiger partial charge on any atom is 0.242 e. The smallest absolute Gasteiger partial charge is 0.242 e. The van der Waals surface area contributed by atoms with E-state index in [1.807, 2.05) is 30.3 Å². The predicted molar refractivity (Wildman–Crippen MR) is 81.3 cm³/mol. The van der Waals surface area contributed by atoms with Crippen molar-refractivity contribution in [1.29, 1.82) is 0 Å². The second-order valence-electron chi connectivity index (χ2n) is 4.09. The molecule has 19 heavy (non-hydrogen) atoms. The molecule has 0 saturated carbocycles. The summed E-state index contributed by atoms with van der Waals surface area (Å²) >= 11 is 23.7. The third kappa shape index (κ3) is 3.56. The maximum atomic E-state index is 9.79. The normalized spacial score (nSPS) is 11.6. The molecule has 0 heterocycles. The van der Waals surface area contributed by atoms with Crippen molar-refractivity contribution in [3.63, 3.8) is 0 Å². The molecule has 0 atom stereocenters. The van der Waals surface area contributed by atoms with Crippen molar-refractivity contribution in [2.45, 2.75) is 10.9 Å². The van der Waals surface area contributed by atoms with E-state index in [9.17, 15) is 5.11 Å². The largest absolute Gasteiger partial charge is 0.359 e. The summed E-state index contributed by atoms with van der Waals surface area (Å²) in [6, 6.07) is 12.8. The molecule has 1 N–H and O–H groups in total. The minimum atomic E-state index is -2.00. The Bertz CT molecular complexity index is 576. The van der Waals surface area contributed by atoms with Gasteiger partial charge in [-0.1, -0.05) is 82.8 Å². The van der Waals surface area contributed by atoms with Gasteiger partial charge in [-0.15, -0.1) is 0 Å². The first-order valence-electron chi connectivity index (χ1n) is 5.51. The highest BCUT2D eigenvalue weighted by Crippen LogP contribution is 2.39. The number of hydrogen-bond acceptors (Lipinski definition) is 1. The first-order valence-corrected chi connectivity index (χ1v) is 7.02. The fourth-order valence-corrected chi connectivity index (χ4v) is 2.61. The number of benzene rings is 2. The van der Waals surface area contributed by atoms with Crippen LogP contribution < -0.4 is 0 Å². The van der Waals surface area contributed by atoms with E-state index >= 15 is 0 Å². The molecular formula is C14H10Cl4O. The summed E-state index contributed by atoms with van der Waals surface area (Å²) in [5.74, 6) is 0. The summed E-state index contributed by atoms with van der Waals surface area (Å²) in [5, 5.41) is 10.5. The van der Waals surface area contributed by atoms with Gasteiger partial charge in [-0.3, -0.25) is 0 Å². The van der Waals surface area contributed by atoms with Gasteiger partial charge in [-0.25, -0.2) is 0 Å². The molecule has 1 nitrogen and oxygen atoms in total. The van der Waals surface area contributed by atoms with Gasteiger partial charge in [0.1, 0.15) is 0 Å². The van der Waals surface area contributed by atoms with Crippen LogP contribution in [0, 0.1) is 0 Å². The number of rotatable bonds is 3. The molecule has 5 heteroatoms. The van der Waals surface area contributed by atoms with Crippen LogP contribution in [0.2, 0.25) is 10.0 Å². The second kappa shape index (κ2) is 5.90. The van der Waals surface area contributed by atoms with E-state index in [0.29, 0.717) is 27.6 Å². The van der Waals surface area contributed by atoms with E-state index in [0.717, 1.165) is 5.56 Å². The Labute approximate surface area is 131 Å². The van der Waals surface area contributed by atoms with Crippen molar-refractivity contribution in [3.05, 3.63) is 69.2 Å². The molecule has 2 rings (SSSR count). The van der Waals surface area contributed by atoms with Gasteiger partial charge in [0.05, 0.1) is 10.0 Å². The van der Waals surface area contributed by atoms with Gasteiger partial charge in [-0.2, -0.15) is 0 Å². The van der Waals surface area contributed by atoms with E-state index in [2.05, 4.69) is 0 Å². The first-order chi connectivity index (χ1) is 8.89. The maximum absolute atomic E-state index is 9.79. The number of alkyl halides is 2. The monoisotopic (exact) mass is 334 g/mol. The van der Waals surface area contributed by atoms with Gasteiger partial charge >= 0.3 is 0 Å². The van der Waals surface area contributed by atoms with Crippen LogP contribution >= 0.6 is 46.4 Å². The molecule has 0 saturated heterocycles. The molecular weight excluding hydrogens is 326 g/mol. The zero-order valence-corrected chi connectivity index (χ0v) is 12.7. The van der Waals surface area contributed by atoms with E-state index < -0.39 is 4.52 Å². The van der Waals surface area contributed by atoms with E-state index in [1.165, 1.54) is 0 Å². The lowest BCUT2D eigenvalue weighted by atomic mass is 10.00. The summed E-state index contributed by atoms with van der Waals surface area (Å²) in [6.07, 6.45) is 0.483. The van der Waals surface area contributed by atoms with Crippen molar-refractivity contribution in [3.8, 4) is 0 Å². The summed E-state index contributed by atoms with van der Waals surface area (Å²) < 4.78 is -2.00. The predicted octanol–water partition coefficient (Wildman–Crippen LogP) is 5.16. The van der Waals surface area contributed by atoms with Gasteiger partial charge in [0.15, 0.2) is 0 Å². The molecule has 0 bridgehead atoms. The molecule has 0 spiro atoms. The van der Waals surface area contributed by atoms with Crippen LogP contribution in [0.3, 0.4) is 0 Å². The molecule has 0 radical (unpaired) electrons. The number of aliphatic hydroxyl groups is 1. The van der Waals surface area contributed by atoms with Crippen LogP contribution in [0.1, 0.15) is 16.7 Å². The van der Waals surface area contributed by atoms with Gasteiger partial charge in [0.25, 0.3) is 0 Å². The Kier molecular flexibility index (Phi) is 4.65. The van der Waals surface area contributed by atoms with Crippen molar-refractivity contribution in [2.75, 3.05) is 0 Å². The molecule has 0 unspecified atom stereocenters. The average Bonchev–Trinajstić information content (AvgIpc) is 2.35. The molecule has 0 aliphatic heterocycles. The minimum absolute atomic E-state index is 0.342. The SMILES string of the molecule is OC(Cl)(Cl)c1ccc(Cl)c(Cl)c1Cc1ccccc1. The van der Waals surface area contributed by atoms with Crippen LogP contribution in [0.15, 0.2) is 42.5 Å². The molecule has 0 aliphatic carbocycles. The van der Waals surface area contributed by atoms with Crippen molar-refractivity contribution in [1.82, 2.24) is 0 Å². The van der Waals surface area contributed by atoms with Crippen LogP contribution in [-0.4, -0.2) is 5.11 Å². The van der Waals surface area contributed by atoms with E-state index in [1.54, 1.807) is 12.1 Å². The highest BCUT2D eigenvalue weighted by Gasteiger charge is 2.27. The molecule has 2 aromatic rings. The molecule has 0 fully saturated rings. The Morgan fingerprint density at radius 2 is 1.58 bits per heavy atom. The lowest BCUT2D eigenvalue weighted by molar-refractivity contribution is 0.217. The average molecular weight is 336 g/mol. The number of halogens is 4. The Hall–Kier alpha value is -0.440. The van der Waals surface area contributed by atoms with Crippen molar-refractivity contribution in [2.24, 2.45) is 0 Å². The molecule has 0 amide bonds. The minimum Gasteiger partial charge on any atom is -0.359 e. The Morgan fingerprint density at radius 3 is 2.16 bits per heavy atom. The zero-order valence-electron chi connectivity index (χ0n) is 9.71. The molecule has 100 valence electrons. The molecule has 0 aromatic heterocycles. The van der Waals surface area contributed by atoms with Gasteiger partial charge < -0.3 is 5.11 Å². The lowest BCUT2D eigenvalue weighted by Crippen LogP contribution is -2.12. The molecule has 0 aliphatic rings. The fourth-order valence-electron chi connectivity index (χ4n) is 1.85. The van der Waals surface area contributed by atoms with Crippen molar-refractivity contribution >= 4 is 46.4 Å². The van der Waals surface area contributed by atoms with Gasteiger partial charge in [0.2, 0.25) is 4.52 Å². The Balaban J connectivity index is 2.51. The highest BCUT2D eigenvalue weighted by molar-refractivity contribution is 6.47. The summed E-state index contributed by atoms with van der Waals surface area (Å²) in [6.45, 7) is 0. The fraction of sp³-hybridized carbons (Fsp3) is 0.143. The summed E-state index contributed by atoms with van der Waals surface area (Å²) in [7, 11) is 0.